The number of imidazole rings is 1. The normalized spacial score (nSPS) is 11.9. The molecule has 0 bridgehead atoms. The molecule has 0 saturated carbocycles. The molecule has 0 amide bonds. The van der Waals surface area contributed by atoms with Gasteiger partial charge >= 0.3 is 0 Å². The van der Waals surface area contributed by atoms with Crippen molar-refractivity contribution in [2.24, 2.45) is 0 Å². The molecule has 0 atom stereocenters. The lowest BCUT2D eigenvalue weighted by Gasteiger charge is -2.01. The first kappa shape index (κ1) is 13.7. The number of aryl methyl sites for hydroxylation is 2. The van der Waals surface area contributed by atoms with Crippen LogP contribution in [0.1, 0.15) is 19.2 Å². The monoisotopic (exact) mass is 309 g/mol. The van der Waals surface area contributed by atoms with Crippen molar-refractivity contribution in [2.75, 3.05) is 11.9 Å². The van der Waals surface area contributed by atoms with Crippen LogP contribution in [-0.4, -0.2) is 29.8 Å². The summed E-state index contributed by atoms with van der Waals surface area (Å²) in [5.41, 5.74) is 0. The van der Waals surface area contributed by atoms with Crippen molar-refractivity contribution in [1.29, 1.82) is 0 Å². The Balaban J connectivity index is 2.81. The molecule has 92 valence electrons. The Labute approximate surface area is 104 Å². The molecule has 0 aliphatic rings. The van der Waals surface area contributed by atoms with Crippen LogP contribution in [0.5, 0.6) is 0 Å². The molecule has 0 spiro atoms. The van der Waals surface area contributed by atoms with Gasteiger partial charge in [0.25, 0.3) is 10.0 Å². The summed E-state index contributed by atoms with van der Waals surface area (Å²) in [6, 6.07) is 0. The van der Waals surface area contributed by atoms with E-state index in [1.54, 1.807) is 17.7 Å². The highest BCUT2D eigenvalue weighted by molar-refractivity contribution is 9.09. The zero-order chi connectivity index (χ0) is 12.2. The number of sulfonamides is 1. The Hall–Kier alpha value is -0.400. The molecule has 16 heavy (non-hydrogen) atoms. The fourth-order valence-corrected chi connectivity index (χ4v) is 2.64. The molecule has 1 heterocycles. The summed E-state index contributed by atoms with van der Waals surface area (Å²) in [5, 5.41) is 0.874. The Kier molecular flexibility index (Phi) is 4.94. The predicted octanol–water partition coefficient (Wildman–Crippen LogP) is 1.27. The van der Waals surface area contributed by atoms with E-state index in [0.29, 0.717) is 12.4 Å². The average Bonchev–Trinajstić information content (AvgIpc) is 2.60. The minimum atomic E-state index is -3.45. The second-order valence-corrected chi connectivity index (χ2v) is 5.86. The third kappa shape index (κ3) is 3.29. The van der Waals surface area contributed by atoms with E-state index in [4.69, 9.17) is 0 Å². The van der Waals surface area contributed by atoms with Gasteiger partial charge in [0.2, 0.25) is 0 Å². The number of halogens is 1. The average molecular weight is 310 g/mol. The van der Waals surface area contributed by atoms with Gasteiger partial charge < -0.3 is 4.57 Å². The summed E-state index contributed by atoms with van der Waals surface area (Å²) in [4.78, 5) is 4.03. The molecule has 1 aromatic heterocycles. The molecule has 0 aliphatic heterocycles. The van der Waals surface area contributed by atoms with Crippen molar-refractivity contribution in [3.8, 4) is 0 Å². The number of alkyl halides is 1. The molecular weight excluding hydrogens is 294 g/mol. The summed E-state index contributed by atoms with van der Waals surface area (Å²) >= 11 is 3.25. The van der Waals surface area contributed by atoms with Crippen LogP contribution in [0, 0.1) is 6.92 Å². The van der Waals surface area contributed by atoms with Crippen molar-refractivity contribution in [3.05, 3.63) is 12.0 Å². The fourth-order valence-electron chi connectivity index (χ4n) is 1.28. The van der Waals surface area contributed by atoms with Gasteiger partial charge in [-0.05, 0) is 20.3 Å². The number of aromatic nitrogens is 2. The number of rotatable bonds is 6. The van der Waals surface area contributed by atoms with Gasteiger partial charge in [0.15, 0.2) is 5.03 Å². The number of hydrogen-bond donors (Lipinski definition) is 1. The van der Waals surface area contributed by atoms with Crippen LogP contribution < -0.4 is 4.72 Å². The highest BCUT2D eigenvalue weighted by atomic mass is 79.9. The van der Waals surface area contributed by atoms with Gasteiger partial charge in [0, 0.05) is 24.6 Å². The molecule has 1 aromatic rings. The highest BCUT2D eigenvalue weighted by Gasteiger charge is 2.17. The maximum absolute atomic E-state index is 11.8. The van der Waals surface area contributed by atoms with Gasteiger partial charge in [-0.1, -0.05) is 15.9 Å². The Bertz CT molecular complexity index is 442. The molecule has 7 heteroatoms. The zero-order valence-electron chi connectivity index (χ0n) is 9.40. The molecule has 1 N–H and O–H groups in total. The van der Waals surface area contributed by atoms with E-state index in [-0.39, 0.29) is 5.03 Å². The van der Waals surface area contributed by atoms with E-state index in [0.717, 1.165) is 18.3 Å². The second-order valence-electron chi connectivity index (χ2n) is 3.35. The largest absolute Gasteiger partial charge is 0.334 e. The highest BCUT2D eigenvalue weighted by Crippen LogP contribution is 2.08. The summed E-state index contributed by atoms with van der Waals surface area (Å²) in [5.74, 6) is 0.711. The van der Waals surface area contributed by atoms with Crippen molar-refractivity contribution in [2.45, 2.75) is 31.8 Å². The smallest absolute Gasteiger partial charge is 0.259 e. The van der Waals surface area contributed by atoms with Crippen LogP contribution in [0.4, 0.5) is 0 Å². The van der Waals surface area contributed by atoms with E-state index < -0.39 is 10.0 Å². The topological polar surface area (TPSA) is 64.0 Å². The standard InChI is InChI=1S/C9H16BrN3O2S/c1-3-13-7-9(12-8(13)2)16(14,15)11-6-4-5-10/h7,11H,3-6H2,1-2H3. The van der Waals surface area contributed by atoms with E-state index in [1.165, 1.54) is 0 Å². The lowest BCUT2D eigenvalue weighted by atomic mass is 10.5. The summed E-state index contributed by atoms with van der Waals surface area (Å²) in [7, 11) is -3.45. The van der Waals surface area contributed by atoms with Crippen LogP contribution in [0.2, 0.25) is 0 Å². The first-order chi connectivity index (χ1) is 7.51. The van der Waals surface area contributed by atoms with Crippen LogP contribution in [0.15, 0.2) is 11.2 Å². The summed E-state index contributed by atoms with van der Waals surface area (Å²) in [6.45, 7) is 4.88. The van der Waals surface area contributed by atoms with Gasteiger partial charge in [0.05, 0.1) is 0 Å². The van der Waals surface area contributed by atoms with Gasteiger partial charge in [0.1, 0.15) is 5.82 Å². The van der Waals surface area contributed by atoms with Gasteiger partial charge in [-0.2, -0.15) is 0 Å². The van der Waals surface area contributed by atoms with E-state index in [1.807, 2.05) is 6.92 Å². The number of hydrogen-bond acceptors (Lipinski definition) is 3. The third-order valence-corrected chi connectivity index (χ3v) is 4.06. The van der Waals surface area contributed by atoms with Crippen LogP contribution in [0.25, 0.3) is 0 Å². The predicted molar refractivity (Wildman–Crippen MR) is 66.2 cm³/mol. The van der Waals surface area contributed by atoms with Gasteiger partial charge in [-0.15, -0.1) is 0 Å². The van der Waals surface area contributed by atoms with Gasteiger partial charge in [-0.3, -0.25) is 0 Å². The fraction of sp³-hybridized carbons (Fsp3) is 0.667. The lowest BCUT2D eigenvalue weighted by molar-refractivity contribution is 0.577. The quantitative estimate of drug-likeness (QED) is 0.636. The molecule has 1 rings (SSSR count). The Morgan fingerprint density at radius 2 is 2.25 bits per heavy atom. The minimum absolute atomic E-state index is 0.0985. The number of nitrogens with zero attached hydrogens (tertiary/aromatic N) is 2. The van der Waals surface area contributed by atoms with Gasteiger partial charge in [-0.25, -0.2) is 18.1 Å². The Morgan fingerprint density at radius 3 is 2.75 bits per heavy atom. The molecule has 0 aromatic carbocycles. The molecule has 5 nitrogen and oxygen atoms in total. The third-order valence-electron chi connectivity index (χ3n) is 2.17. The zero-order valence-corrected chi connectivity index (χ0v) is 11.8. The van der Waals surface area contributed by atoms with Crippen molar-refractivity contribution in [3.63, 3.8) is 0 Å². The van der Waals surface area contributed by atoms with Crippen molar-refractivity contribution in [1.82, 2.24) is 14.3 Å². The van der Waals surface area contributed by atoms with Crippen LogP contribution >= 0.6 is 15.9 Å². The molecule has 0 fully saturated rings. The summed E-state index contributed by atoms with van der Waals surface area (Å²) in [6.07, 6.45) is 2.32. The van der Waals surface area contributed by atoms with E-state index in [9.17, 15) is 8.42 Å². The SMILES string of the molecule is CCn1cc(S(=O)(=O)NCCCBr)nc1C. The minimum Gasteiger partial charge on any atom is -0.334 e. The van der Waals surface area contributed by atoms with Crippen LogP contribution in [0.3, 0.4) is 0 Å². The van der Waals surface area contributed by atoms with Crippen molar-refractivity contribution >= 4 is 26.0 Å². The molecule has 0 radical (unpaired) electrons. The number of nitrogens with one attached hydrogen (secondary N) is 1. The lowest BCUT2D eigenvalue weighted by Crippen LogP contribution is -2.25. The van der Waals surface area contributed by atoms with E-state index >= 15 is 0 Å². The molecule has 0 saturated heterocycles. The second kappa shape index (κ2) is 5.79. The molecule has 0 unspecified atom stereocenters. The maximum Gasteiger partial charge on any atom is 0.259 e. The molecular formula is C9H16BrN3O2S. The molecule has 0 aliphatic carbocycles. The first-order valence-corrected chi connectivity index (χ1v) is 7.71. The van der Waals surface area contributed by atoms with Crippen LogP contribution in [-0.2, 0) is 16.6 Å². The van der Waals surface area contributed by atoms with Crippen molar-refractivity contribution < 1.29 is 8.42 Å². The Morgan fingerprint density at radius 1 is 1.56 bits per heavy atom. The maximum atomic E-state index is 11.8. The first-order valence-electron chi connectivity index (χ1n) is 5.10. The summed E-state index contributed by atoms with van der Waals surface area (Å²) < 4.78 is 27.9. The van der Waals surface area contributed by atoms with E-state index in [2.05, 4.69) is 25.6 Å².